The molecule has 8 heteroatoms. The summed E-state index contributed by atoms with van der Waals surface area (Å²) in [6, 6.07) is 12.8. The summed E-state index contributed by atoms with van der Waals surface area (Å²) in [5.74, 6) is -0.359. The van der Waals surface area contributed by atoms with E-state index in [2.05, 4.69) is 26.2 Å². The Hall–Kier alpha value is -1.83. The number of thioether (sulfide) groups is 1. The van der Waals surface area contributed by atoms with Crippen LogP contribution >= 0.6 is 39.3 Å². The number of para-hydroxylation sites is 1. The van der Waals surface area contributed by atoms with Crippen molar-refractivity contribution >= 4 is 67.6 Å². The molecule has 1 saturated heterocycles. The molecule has 2 aromatic carbocycles. The smallest absolute Gasteiger partial charge is 0.242 e. The molecule has 3 rings (SSSR count). The van der Waals surface area contributed by atoms with Crippen molar-refractivity contribution in [2.75, 3.05) is 12.4 Å². The van der Waals surface area contributed by atoms with Gasteiger partial charge in [0, 0.05) is 23.0 Å². The molecule has 5 nitrogen and oxygen atoms in total. The van der Waals surface area contributed by atoms with E-state index < -0.39 is 5.25 Å². The molecule has 0 saturated carbocycles. The SMILES string of the molecule is Cc1c(Cl)cccc1N=C1S[C@H](CC(=O)Nc2ccccc2Br)C(=O)N1C. The molecule has 140 valence electrons. The van der Waals surface area contributed by atoms with E-state index in [9.17, 15) is 9.59 Å². The lowest BCUT2D eigenvalue weighted by molar-refractivity contribution is -0.127. The summed E-state index contributed by atoms with van der Waals surface area (Å²) in [5.41, 5.74) is 2.24. The second-order valence-electron chi connectivity index (χ2n) is 6.01. The number of carbonyl (C=O) groups excluding carboxylic acids is 2. The summed E-state index contributed by atoms with van der Waals surface area (Å²) >= 11 is 10.8. The van der Waals surface area contributed by atoms with E-state index >= 15 is 0 Å². The third-order valence-corrected chi connectivity index (χ3v) is 6.44. The van der Waals surface area contributed by atoms with Crippen molar-refractivity contribution in [2.45, 2.75) is 18.6 Å². The van der Waals surface area contributed by atoms with Crippen molar-refractivity contribution < 1.29 is 9.59 Å². The van der Waals surface area contributed by atoms with E-state index in [-0.39, 0.29) is 18.2 Å². The molecule has 0 bridgehead atoms. The topological polar surface area (TPSA) is 61.8 Å². The van der Waals surface area contributed by atoms with Crippen LogP contribution in [0, 0.1) is 6.92 Å². The maximum absolute atomic E-state index is 12.5. The van der Waals surface area contributed by atoms with E-state index in [1.807, 2.05) is 37.3 Å². The minimum absolute atomic E-state index is 0.0721. The fraction of sp³-hybridized carbons (Fsp3) is 0.211. The molecule has 1 aliphatic rings. The number of nitrogens with one attached hydrogen (secondary N) is 1. The molecule has 1 aliphatic heterocycles. The average molecular weight is 467 g/mol. The zero-order chi connectivity index (χ0) is 19.6. The van der Waals surface area contributed by atoms with E-state index in [1.54, 1.807) is 19.2 Å². The molecule has 1 N–H and O–H groups in total. The van der Waals surface area contributed by atoms with Gasteiger partial charge in [0.25, 0.3) is 0 Å². The number of hydrogen-bond acceptors (Lipinski definition) is 4. The van der Waals surface area contributed by atoms with Crippen LogP contribution < -0.4 is 5.32 Å². The van der Waals surface area contributed by atoms with Gasteiger partial charge in [-0.05, 0) is 52.7 Å². The van der Waals surface area contributed by atoms with Crippen molar-refractivity contribution in [3.8, 4) is 0 Å². The molecule has 1 fully saturated rings. The van der Waals surface area contributed by atoms with E-state index in [0.29, 0.717) is 21.6 Å². The third kappa shape index (κ3) is 4.54. The number of carbonyl (C=O) groups is 2. The minimum atomic E-state index is -0.504. The Morgan fingerprint density at radius 2 is 2.04 bits per heavy atom. The Kier molecular flexibility index (Phi) is 6.24. The van der Waals surface area contributed by atoms with Crippen LogP contribution in [0.3, 0.4) is 0 Å². The van der Waals surface area contributed by atoms with Crippen molar-refractivity contribution in [3.05, 3.63) is 57.5 Å². The Bertz CT molecular complexity index is 935. The first kappa shape index (κ1) is 19.9. The van der Waals surface area contributed by atoms with Gasteiger partial charge in [-0.25, -0.2) is 4.99 Å². The number of nitrogens with zero attached hydrogens (tertiary/aromatic N) is 2. The maximum Gasteiger partial charge on any atom is 0.242 e. The first-order chi connectivity index (χ1) is 12.9. The van der Waals surface area contributed by atoms with Crippen LogP contribution in [0.2, 0.25) is 5.02 Å². The van der Waals surface area contributed by atoms with Gasteiger partial charge < -0.3 is 5.32 Å². The van der Waals surface area contributed by atoms with Crippen molar-refractivity contribution in [1.82, 2.24) is 4.90 Å². The van der Waals surface area contributed by atoms with Gasteiger partial charge in [-0.15, -0.1) is 0 Å². The number of amidine groups is 1. The number of anilines is 1. The summed E-state index contributed by atoms with van der Waals surface area (Å²) in [6.07, 6.45) is 0.0721. The summed E-state index contributed by atoms with van der Waals surface area (Å²) in [5, 5.41) is 3.51. The Balaban J connectivity index is 1.72. The number of aliphatic imine (C=N–C) groups is 1. The lowest BCUT2D eigenvalue weighted by Gasteiger charge is -2.10. The molecule has 0 aromatic heterocycles. The predicted molar refractivity (Wildman–Crippen MR) is 115 cm³/mol. The third-order valence-electron chi connectivity index (χ3n) is 4.11. The quantitative estimate of drug-likeness (QED) is 0.689. The molecule has 0 radical (unpaired) electrons. The van der Waals surface area contributed by atoms with Gasteiger partial charge in [-0.2, -0.15) is 0 Å². The number of hydrogen-bond donors (Lipinski definition) is 1. The summed E-state index contributed by atoms with van der Waals surface area (Å²) in [4.78, 5) is 30.9. The second-order valence-corrected chi connectivity index (χ2v) is 8.45. The van der Waals surface area contributed by atoms with Crippen LogP contribution in [0.1, 0.15) is 12.0 Å². The largest absolute Gasteiger partial charge is 0.325 e. The van der Waals surface area contributed by atoms with Crippen molar-refractivity contribution in [3.63, 3.8) is 0 Å². The average Bonchev–Trinajstić information content (AvgIpc) is 2.89. The lowest BCUT2D eigenvalue weighted by atomic mass is 10.2. The summed E-state index contributed by atoms with van der Waals surface area (Å²) in [6.45, 7) is 1.88. The molecule has 0 unspecified atom stereocenters. The monoisotopic (exact) mass is 465 g/mol. The molecule has 2 amide bonds. The van der Waals surface area contributed by atoms with Crippen LogP contribution in [0.4, 0.5) is 11.4 Å². The van der Waals surface area contributed by atoms with Crippen molar-refractivity contribution in [2.24, 2.45) is 4.99 Å². The fourth-order valence-corrected chi connectivity index (χ4v) is 4.25. The molecular weight excluding hydrogens is 450 g/mol. The van der Waals surface area contributed by atoms with Crippen LogP contribution in [-0.2, 0) is 9.59 Å². The molecule has 27 heavy (non-hydrogen) atoms. The molecular formula is C19H17BrClN3O2S. The normalized spacial score (nSPS) is 18.2. The van der Waals surface area contributed by atoms with Gasteiger partial charge in [0.1, 0.15) is 5.25 Å². The summed E-state index contributed by atoms with van der Waals surface area (Å²) in [7, 11) is 1.67. The highest BCUT2D eigenvalue weighted by Crippen LogP contribution is 2.33. The molecule has 0 spiro atoms. The van der Waals surface area contributed by atoms with Crippen LogP contribution in [-0.4, -0.2) is 34.2 Å². The van der Waals surface area contributed by atoms with Gasteiger partial charge in [0.2, 0.25) is 11.8 Å². The second kappa shape index (κ2) is 8.46. The predicted octanol–water partition coefficient (Wildman–Crippen LogP) is 5.00. The number of halogens is 2. The standard InChI is InChI=1S/C19H17BrClN3O2S/c1-11-13(21)7-5-9-14(11)23-19-24(2)18(26)16(27-19)10-17(25)22-15-8-4-3-6-12(15)20/h3-9,16H,10H2,1-2H3,(H,22,25)/t16-/m1/s1. The van der Waals surface area contributed by atoms with Crippen LogP contribution in [0.5, 0.6) is 0 Å². The maximum atomic E-state index is 12.5. The summed E-state index contributed by atoms with van der Waals surface area (Å²) < 4.78 is 0.791. The zero-order valence-corrected chi connectivity index (χ0v) is 17.9. The van der Waals surface area contributed by atoms with Gasteiger partial charge >= 0.3 is 0 Å². The van der Waals surface area contributed by atoms with Crippen molar-refractivity contribution in [1.29, 1.82) is 0 Å². The molecule has 1 heterocycles. The zero-order valence-electron chi connectivity index (χ0n) is 14.7. The number of amides is 2. The highest BCUT2D eigenvalue weighted by molar-refractivity contribution is 9.10. The van der Waals surface area contributed by atoms with E-state index in [0.717, 1.165) is 10.0 Å². The van der Waals surface area contributed by atoms with E-state index in [4.69, 9.17) is 11.6 Å². The van der Waals surface area contributed by atoms with E-state index in [1.165, 1.54) is 16.7 Å². The van der Waals surface area contributed by atoms with Gasteiger partial charge in [-0.1, -0.05) is 41.6 Å². The highest BCUT2D eigenvalue weighted by atomic mass is 79.9. The first-order valence-electron chi connectivity index (χ1n) is 8.19. The Labute approximate surface area is 175 Å². The molecule has 2 aromatic rings. The van der Waals surface area contributed by atoms with Crippen LogP contribution in [0.15, 0.2) is 51.9 Å². The number of benzene rings is 2. The fourth-order valence-electron chi connectivity index (χ4n) is 2.55. The van der Waals surface area contributed by atoms with Crippen LogP contribution in [0.25, 0.3) is 0 Å². The molecule has 1 atom stereocenters. The Morgan fingerprint density at radius 1 is 1.30 bits per heavy atom. The van der Waals surface area contributed by atoms with Gasteiger partial charge in [0.15, 0.2) is 5.17 Å². The highest BCUT2D eigenvalue weighted by Gasteiger charge is 2.37. The first-order valence-corrected chi connectivity index (χ1v) is 10.2. The molecule has 0 aliphatic carbocycles. The van der Waals surface area contributed by atoms with Gasteiger partial charge in [-0.3, -0.25) is 14.5 Å². The lowest BCUT2D eigenvalue weighted by Crippen LogP contribution is -2.30. The Morgan fingerprint density at radius 3 is 2.78 bits per heavy atom. The van der Waals surface area contributed by atoms with Gasteiger partial charge in [0.05, 0.1) is 11.4 Å². The minimum Gasteiger partial charge on any atom is -0.325 e. The number of rotatable bonds is 4.